The van der Waals surface area contributed by atoms with Gasteiger partial charge in [0.2, 0.25) is 17.7 Å². The Labute approximate surface area is 201 Å². The van der Waals surface area contributed by atoms with Crippen molar-refractivity contribution in [1.29, 1.82) is 0 Å². The van der Waals surface area contributed by atoms with Gasteiger partial charge in [-0.05, 0) is 39.0 Å². The van der Waals surface area contributed by atoms with Crippen LogP contribution < -0.4 is 30.1 Å². The molecule has 0 aliphatic rings. The van der Waals surface area contributed by atoms with E-state index in [0.29, 0.717) is 0 Å². The molecule has 0 saturated heterocycles. The molecular weight excluding hydrogens is 484 g/mol. The summed E-state index contributed by atoms with van der Waals surface area (Å²) in [7, 11) is -0.868. The Morgan fingerprint density at radius 1 is 0.886 bits per heavy atom. The number of hydrogen-bond acceptors (Lipinski definition) is 10. The molecule has 0 bridgehead atoms. The van der Waals surface area contributed by atoms with Crippen LogP contribution in [0.25, 0.3) is 0 Å². The number of esters is 1. The fourth-order valence-corrected chi connectivity index (χ4v) is 3.67. The van der Waals surface area contributed by atoms with E-state index < -0.39 is 44.1 Å². The lowest BCUT2D eigenvalue weighted by atomic mass is 10.1. The van der Waals surface area contributed by atoms with Crippen LogP contribution in [0, 0.1) is 0 Å². The highest BCUT2D eigenvalue weighted by molar-refractivity contribution is 7.90. The van der Waals surface area contributed by atoms with Gasteiger partial charge in [-0.1, -0.05) is 0 Å². The van der Waals surface area contributed by atoms with Crippen molar-refractivity contribution in [2.45, 2.75) is 31.2 Å². The third kappa shape index (κ3) is 7.70. The van der Waals surface area contributed by atoms with Crippen molar-refractivity contribution in [3.63, 3.8) is 0 Å². The van der Waals surface area contributed by atoms with E-state index in [1.807, 2.05) is 0 Å². The van der Waals surface area contributed by atoms with Crippen LogP contribution in [0.5, 0.6) is 11.8 Å². The summed E-state index contributed by atoms with van der Waals surface area (Å²) in [4.78, 5) is 43.9. The maximum atomic E-state index is 12.9. The number of rotatable bonds is 7. The topological polar surface area (TPSA) is 187 Å². The SMILES string of the molecule is COC(=O)c1cc(NC(=O)NC(C)(C)C)ccc1S(=O)(=O)NC(=O)Nc1nc(OC)cc(OC)n1. The van der Waals surface area contributed by atoms with Crippen molar-refractivity contribution in [2.24, 2.45) is 0 Å². The molecule has 1 aromatic heterocycles. The average molecular weight is 511 g/mol. The molecule has 0 atom stereocenters. The van der Waals surface area contributed by atoms with Gasteiger partial charge in [-0.15, -0.1) is 0 Å². The molecule has 1 heterocycles. The van der Waals surface area contributed by atoms with Gasteiger partial charge in [0.15, 0.2) is 0 Å². The predicted molar refractivity (Wildman–Crippen MR) is 124 cm³/mol. The molecule has 35 heavy (non-hydrogen) atoms. The Morgan fingerprint density at radius 2 is 1.49 bits per heavy atom. The summed E-state index contributed by atoms with van der Waals surface area (Å²) in [6, 6.07) is 2.95. The average Bonchev–Trinajstić information content (AvgIpc) is 2.76. The van der Waals surface area contributed by atoms with E-state index in [-0.39, 0.29) is 23.4 Å². The van der Waals surface area contributed by atoms with Crippen molar-refractivity contribution < 1.29 is 37.0 Å². The molecule has 0 unspecified atom stereocenters. The van der Waals surface area contributed by atoms with Crippen LogP contribution in [0.1, 0.15) is 31.1 Å². The first kappa shape index (κ1) is 27.1. The molecule has 1 aromatic carbocycles. The van der Waals surface area contributed by atoms with Crippen molar-refractivity contribution >= 4 is 39.7 Å². The molecule has 15 heteroatoms. The first-order valence-electron chi connectivity index (χ1n) is 9.90. The minimum absolute atomic E-state index is 0.0570. The smallest absolute Gasteiger partial charge is 0.339 e. The molecule has 0 saturated carbocycles. The molecule has 0 spiro atoms. The van der Waals surface area contributed by atoms with Crippen molar-refractivity contribution in [3.8, 4) is 11.8 Å². The van der Waals surface area contributed by atoms with E-state index in [9.17, 15) is 22.8 Å². The van der Waals surface area contributed by atoms with Crippen LogP contribution in [-0.4, -0.2) is 63.3 Å². The van der Waals surface area contributed by atoms with Gasteiger partial charge in [0.1, 0.15) is 4.90 Å². The summed E-state index contributed by atoms with van der Waals surface area (Å²) in [5.41, 5.74) is -0.833. The Hall–Kier alpha value is -4.14. The number of ether oxygens (including phenoxy) is 3. The van der Waals surface area contributed by atoms with E-state index in [4.69, 9.17) is 9.47 Å². The number of methoxy groups -OCH3 is 3. The van der Waals surface area contributed by atoms with Gasteiger partial charge >= 0.3 is 18.0 Å². The number of hydrogen-bond donors (Lipinski definition) is 4. The number of amides is 4. The Morgan fingerprint density at radius 3 is 2.00 bits per heavy atom. The molecule has 0 fully saturated rings. The maximum Gasteiger partial charge on any atom is 0.339 e. The molecule has 4 amide bonds. The summed E-state index contributed by atoms with van der Waals surface area (Å²) in [6.07, 6.45) is 0. The third-order valence-corrected chi connectivity index (χ3v) is 5.36. The van der Waals surface area contributed by atoms with Crippen LogP contribution in [0.2, 0.25) is 0 Å². The number of aromatic nitrogens is 2. The Balaban J connectivity index is 2.29. The van der Waals surface area contributed by atoms with Crippen LogP contribution in [-0.2, 0) is 14.8 Å². The molecule has 14 nitrogen and oxygen atoms in total. The summed E-state index contributed by atoms with van der Waals surface area (Å²) in [6.45, 7) is 5.31. The van der Waals surface area contributed by atoms with Crippen LogP contribution in [0.4, 0.5) is 21.2 Å². The lowest BCUT2D eigenvalue weighted by molar-refractivity contribution is 0.0596. The molecule has 2 aromatic rings. The number of nitrogens with one attached hydrogen (secondary N) is 4. The van der Waals surface area contributed by atoms with Gasteiger partial charge < -0.3 is 24.8 Å². The highest BCUT2D eigenvalue weighted by atomic mass is 32.2. The lowest BCUT2D eigenvalue weighted by Crippen LogP contribution is -2.43. The fourth-order valence-electron chi connectivity index (χ4n) is 2.59. The van der Waals surface area contributed by atoms with Gasteiger partial charge in [0.25, 0.3) is 10.0 Å². The standard InChI is InChI=1S/C20H26N6O8S/c1-20(2,3)25-18(28)21-11-7-8-13(12(9-11)16(27)34-6)35(30,31)26-19(29)24-17-22-14(32-4)10-15(23-17)33-5/h7-10H,1-6H3,(H2,21,25,28)(H2,22,23,24,26,29). The van der Waals surface area contributed by atoms with Crippen LogP contribution in [0.15, 0.2) is 29.2 Å². The van der Waals surface area contributed by atoms with Crippen LogP contribution >= 0.6 is 0 Å². The zero-order valence-electron chi connectivity index (χ0n) is 19.9. The normalized spacial score (nSPS) is 11.1. The maximum absolute atomic E-state index is 12.9. The van der Waals surface area contributed by atoms with Gasteiger partial charge in [0, 0.05) is 11.2 Å². The third-order valence-electron chi connectivity index (χ3n) is 3.97. The van der Waals surface area contributed by atoms with Gasteiger partial charge in [-0.25, -0.2) is 27.5 Å². The van der Waals surface area contributed by atoms with Crippen molar-refractivity contribution in [1.82, 2.24) is 20.0 Å². The largest absolute Gasteiger partial charge is 0.481 e. The van der Waals surface area contributed by atoms with Gasteiger partial charge in [0.05, 0.1) is 33.0 Å². The molecule has 0 radical (unpaired) electrons. The first-order chi connectivity index (χ1) is 16.3. The zero-order valence-corrected chi connectivity index (χ0v) is 20.7. The highest BCUT2D eigenvalue weighted by Crippen LogP contribution is 2.22. The molecular formula is C20H26N6O8S. The fraction of sp³-hybridized carbons (Fsp3) is 0.350. The number of anilines is 2. The summed E-state index contributed by atoms with van der Waals surface area (Å²) >= 11 is 0. The minimum atomic E-state index is -4.58. The zero-order chi connectivity index (χ0) is 26.4. The monoisotopic (exact) mass is 510 g/mol. The summed E-state index contributed by atoms with van der Waals surface area (Å²) < 4.78 is 42.1. The number of sulfonamides is 1. The van der Waals surface area contributed by atoms with E-state index in [0.717, 1.165) is 19.2 Å². The second-order valence-electron chi connectivity index (χ2n) is 7.87. The number of nitrogens with zero attached hydrogens (tertiary/aromatic N) is 2. The Bertz CT molecular complexity index is 1200. The molecule has 4 N–H and O–H groups in total. The second kappa shape index (κ2) is 10.9. The number of carbonyl (C=O) groups is 3. The summed E-state index contributed by atoms with van der Waals surface area (Å²) in [5, 5.41) is 7.31. The second-order valence-corrected chi connectivity index (χ2v) is 9.52. The predicted octanol–water partition coefficient (Wildman–Crippen LogP) is 1.71. The van der Waals surface area contributed by atoms with E-state index in [1.54, 1.807) is 25.5 Å². The first-order valence-corrected chi connectivity index (χ1v) is 11.4. The minimum Gasteiger partial charge on any atom is -0.481 e. The highest BCUT2D eigenvalue weighted by Gasteiger charge is 2.26. The quantitative estimate of drug-likeness (QED) is 0.399. The van der Waals surface area contributed by atoms with E-state index in [1.165, 1.54) is 26.4 Å². The van der Waals surface area contributed by atoms with Crippen molar-refractivity contribution in [2.75, 3.05) is 32.0 Å². The van der Waals surface area contributed by atoms with E-state index in [2.05, 4.69) is 30.7 Å². The number of carbonyl (C=O) groups excluding carboxylic acids is 3. The molecule has 0 aliphatic carbocycles. The molecule has 0 aliphatic heterocycles. The molecule has 2 rings (SSSR count). The van der Waals surface area contributed by atoms with E-state index >= 15 is 0 Å². The van der Waals surface area contributed by atoms with Gasteiger partial charge in [-0.2, -0.15) is 9.97 Å². The Kier molecular flexibility index (Phi) is 8.41. The molecule has 190 valence electrons. The lowest BCUT2D eigenvalue weighted by Gasteiger charge is -2.21. The number of urea groups is 2. The van der Waals surface area contributed by atoms with Gasteiger partial charge in [-0.3, -0.25) is 5.32 Å². The summed E-state index contributed by atoms with van der Waals surface area (Å²) in [5.74, 6) is -1.19. The van der Waals surface area contributed by atoms with Crippen LogP contribution in [0.3, 0.4) is 0 Å². The van der Waals surface area contributed by atoms with Crippen molar-refractivity contribution in [3.05, 3.63) is 29.8 Å². The number of benzene rings is 1.